The molecule has 0 saturated carbocycles. The third-order valence-corrected chi connectivity index (χ3v) is 3.54. The molecule has 2 heterocycles. The van der Waals surface area contributed by atoms with Crippen molar-refractivity contribution >= 4 is 5.97 Å². The Morgan fingerprint density at radius 1 is 0.920 bits per heavy atom. The molecule has 1 aliphatic heterocycles. The average molecular weight is 338 g/mol. The monoisotopic (exact) mass is 338 g/mol. The molecule has 2 aromatic carbocycles. The molecule has 3 aromatic rings. The fraction of sp³-hybridized carbons (Fsp3) is 0.105. The largest absolute Gasteiger partial charge is 0.486 e. The van der Waals surface area contributed by atoms with Gasteiger partial charge in [-0.2, -0.15) is 0 Å². The number of ether oxygens (including phenoxy) is 4. The highest BCUT2D eigenvalue weighted by molar-refractivity contribution is 5.88. The van der Waals surface area contributed by atoms with Gasteiger partial charge in [0.05, 0.1) is 0 Å². The van der Waals surface area contributed by atoms with Crippen LogP contribution >= 0.6 is 0 Å². The van der Waals surface area contributed by atoms with Crippen LogP contribution in [0.5, 0.6) is 23.0 Å². The van der Waals surface area contributed by atoms with Crippen molar-refractivity contribution in [2.45, 2.75) is 6.61 Å². The van der Waals surface area contributed by atoms with Crippen molar-refractivity contribution in [2.24, 2.45) is 0 Å². The van der Waals surface area contributed by atoms with Crippen molar-refractivity contribution < 1.29 is 28.2 Å². The molecule has 0 bridgehead atoms. The minimum Gasteiger partial charge on any atom is -0.486 e. The lowest BCUT2D eigenvalue weighted by atomic mass is 10.3. The Morgan fingerprint density at radius 3 is 2.64 bits per heavy atom. The number of fused-ring (bicyclic) bond motifs is 1. The normalized spacial score (nSPS) is 12.0. The fourth-order valence-corrected chi connectivity index (χ4v) is 2.33. The SMILES string of the molecule is O=C(Oc1ccc2c(c1)OCO2)c1ccc(COc2ccccc2)o1. The molecule has 1 aromatic heterocycles. The number of benzene rings is 2. The van der Waals surface area contributed by atoms with Crippen molar-refractivity contribution in [3.63, 3.8) is 0 Å². The predicted octanol–water partition coefficient (Wildman–Crippen LogP) is 3.81. The first kappa shape index (κ1) is 15.1. The minimum atomic E-state index is -0.593. The maximum Gasteiger partial charge on any atom is 0.379 e. The summed E-state index contributed by atoms with van der Waals surface area (Å²) >= 11 is 0. The topological polar surface area (TPSA) is 67.1 Å². The number of rotatable bonds is 5. The minimum absolute atomic E-state index is 0.101. The lowest BCUT2D eigenvalue weighted by Crippen LogP contribution is -2.07. The van der Waals surface area contributed by atoms with Gasteiger partial charge < -0.3 is 23.4 Å². The van der Waals surface area contributed by atoms with E-state index in [0.717, 1.165) is 5.75 Å². The van der Waals surface area contributed by atoms with E-state index in [9.17, 15) is 4.79 Å². The number of carbonyl (C=O) groups is 1. The second-order valence-electron chi connectivity index (χ2n) is 5.27. The third-order valence-electron chi connectivity index (χ3n) is 3.54. The van der Waals surface area contributed by atoms with Crippen LogP contribution in [0, 0.1) is 0 Å². The maximum absolute atomic E-state index is 12.2. The van der Waals surface area contributed by atoms with Gasteiger partial charge in [0, 0.05) is 6.07 Å². The van der Waals surface area contributed by atoms with Crippen molar-refractivity contribution in [1.82, 2.24) is 0 Å². The Labute approximate surface area is 143 Å². The molecule has 0 amide bonds. The lowest BCUT2D eigenvalue weighted by molar-refractivity contribution is 0.0697. The van der Waals surface area contributed by atoms with Crippen LogP contribution in [0.4, 0.5) is 0 Å². The van der Waals surface area contributed by atoms with E-state index in [-0.39, 0.29) is 19.2 Å². The molecular formula is C19H14O6. The highest BCUT2D eigenvalue weighted by Crippen LogP contribution is 2.35. The van der Waals surface area contributed by atoms with Crippen LogP contribution < -0.4 is 18.9 Å². The van der Waals surface area contributed by atoms with Crippen LogP contribution in [0.25, 0.3) is 0 Å². The molecule has 4 rings (SSSR count). The Hall–Kier alpha value is -3.41. The molecule has 0 aliphatic carbocycles. The van der Waals surface area contributed by atoms with Gasteiger partial charge in [-0.25, -0.2) is 4.79 Å². The molecular weight excluding hydrogens is 324 g/mol. The zero-order valence-electron chi connectivity index (χ0n) is 13.1. The molecule has 0 atom stereocenters. The standard InChI is InChI=1S/C19H14O6/c20-19(25-14-6-8-16-18(10-14)23-12-22-16)17-9-7-15(24-17)11-21-13-4-2-1-3-5-13/h1-10H,11-12H2. The van der Waals surface area contributed by atoms with E-state index in [0.29, 0.717) is 23.0 Å². The van der Waals surface area contributed by atoms with Gasteiger partial charge in [-0.3, -0.25) is 0 Å². The van der Waals surface area contributed by atoms with Gasteiger partial charge in [0.25, 0.3) is 0 Å². The Morgan fingerprint density at radius 2 is 1.76 bits per heavy atom. The number of furan rings is 1. The molecule has 25 heavy (non-hydrogen) atoms. The molecule has 0 unspecified atom stereocenters. The number of carbonyl (C=O) groups excluding carboxylic acids is 1. The van der Waals surface area contributed by atoms with Gasteiger partial charge in [0.2, 0.25) is 12.6 Å². The van der Waals surface area contributed by atoms with Crippen LogP contribution in [0.2, 0.25) is 0 Å². The second kappa shape index (κ2) is 6.60. The first-order valence-electron chi connectivity index (χ1n) is 7.66. The average Bonchev–Trinajstić information content (AvgIpc) is 3.30. The molecule has 126 valence electrons. The van der Waals surface area contributed by atoms with Gasteiger partial charge in [0.15, 0.2) is 11.5 Å². The van der Waals surface area contributed by atoms with E-state index in [1.165, 1.54) is 0 Å². The van der Waals surface area contributed by atoms with E-state index in [2.05, 4.69) is 0 Å². The number of para-hydroxylation sites is 1. The van der Waals surface area contributed by atoms with Crippen LogP contribution in [0.1, 0.15) is 16.3 Å². The summed E-state index contributed by atoms with van der Waals surface area (Å²) in [5, 5.41) is 0. The Kier molecular flexibility index (Phi) is 4.00. The molecule has 6 heteroatoms. The summed E-state index contributed by atoms with van der Waals surface area (Å²) < 4.78 is 26.8. The van der Waals surface area contributed by atoms with Gasteiger partial charge in [0.1, 0.15) is 23.9 Å². The predicted molar refractivity (Wildman–Crippen MR) is 87.0 cm³/mol. The lowest BCUT2D eigenvalue weighted by Gasteiger charge is -2.04. The van der Waals surface area contributed by atoms with Crippen molar-refractivity contribution in [2.75, 3.05) is 6.79 Å². The van der Waals surface area contributed by atoms with E-state index in [1.54, 1.807) is 30.3 Å². The highest BCUT2D eigenvalue weighted by atomic mass is 16.7. The quantitative estimate of drug-likeness (QED) is 0.521. The first-order chi connectivity index (χ1) is 12.3. The summed E-state index contributed by atoms with van der Waals surface area (Å²) in [5.41, 5.74) is 0. The van der Waals surface area contributed by atoms with E-state index >= 15 is 0 Å². The molecule has 0 saturated heterocycles. The first-order valence-corrected chi connectivity index (χ1v) is 7.66. The fourth-order valence-electron chi connectivity index (χ4n) is 2.33. The third kappa shape index (κ3) is 3.42. The summed E-state index contributed by atoms with van der Waals surface area (Å²) in [6.07, 6.45) is 0. The van der Waals surface area contributed by atoms with E-state index < -0.39 is 5.97 Å². The maximum atomic E-state index is 12.2. The molecule has 0 N–H and O–H groups in total. The summed E-state index contributed by atoms with van der Waals surface area (Å²) in [7, 11) is 0. The van der Waals surface area contributed by atoms with Gasteiger partial charge in [-0.15, -0.1) is 0 Å². The van der Waals surface area contributed by atoms with E-state index in [1.807, 2.05) is 30.3 Å². The summed E-state index contributed by atoms with van der Waals surface area (Å²) in [5.74, 6) is 2.28. The second-order valence-corrected chi connectivity index (χ2v) is 5.27. The smallest absolute Gasteiger partial charge is 0.379 e. The van der Waals surface area contributed by atoms with Crippen molar-refractivity contribution in [1.29, 1.82) is 0 Å². The Bertz CT molecular complexity index is 884. The molecule has 1 aliphatic rings. The molecule has 0 spiro atoms. The zero-order chi connectivity index (χ0) is 17.1. The number of hydrogen-bond acceptors (Lipinski definition) is 6. The van der Waals surface area contributed by atoms with Gasteiger partial charge >= 0.3 is 5.97 Å². The number of hydrogen-bond donors (Lipinski definition) is 0. The van der Waals surface area contributed by atoms with Crippen molar-refractivity contribution in [3.05, 3.63) is 72.2 Å². The van der Waals surface area contributed by atoms with Gasteiger partial charge in [-0.05, 0) is 36.4 Å². The molecule has 0 fully saturated rings. The molecule has 6 nitrogen and oxygen atoms in total. The van der Waals surface area contributed by atoms with Crippen LogP contribution in [0.15, 0.2) is 65.1 Å². The molecule has 0 radical (unpaired) electrons. The van der Waals surface area contributed by atoms with Crippen molar-refractivity contribution in [3.8, 4) is 23.0 Å². The van der Waals surface area contributed by atoms with Crippen LogP contribution in [-0.2, 0) is 6.61 Å². The highest BCUT2D eigenvalue weighted by Gasteiger charge is 2.18. The summed E-state index contributed by atoms with van der Waals surface area (Å²) in [4.78, 5) is 12.2. The van der Waals surface area contributed by atoms with Crippen LogP contribution in [0.3, 0.4) is 0 Å². The van der Waals surface area contributed by atoms with Gasteiger partial charge in [-0.1, -0.05) is 18.2 Å². The summed E-state index contributed by atoms with van der Waals surface area (Å²) in [6, 6.07) is 17.5. The summed E-state index contributed by atoms with van der Waals surface area (Å²) in [6.45, 7) is 0.386. The number of esters is 1. The van der Waals surface area contributed by atoms with Crippen LogP contribution in [-0.4, -0.2) is 12.8 Å². The van der Waals surface area contributed by atoms with E-state index in [4.69, 9.17) is 23.4 Å². The Balaban J connectivity index is 1.38. The zero-order valence-corrected chi connectivity index (χ0v) is 13.1.